The molecule has 1 aromatic rings. The van der Waals surface area contributed by atoms with Crippen molar-refractivity contribution in [1.29, 1.82) is 0 Å². The van der Waals surface area contributed by atoms with Gasteiger partial charge in [0.2, 0.25) is 5.91 Å². The second-order valence-electron chi connectivity index (χ2n) is 3.86. The Morgan fingerprint density at radius 3 is 2.50 bits per heavy atom. The molecule has 0 fully saturated rings. The number of benzene rings is 1. The number of rotatable bonds is 6. The van der Waals surface area contributed by atoms with Gasteiger partial charge in [0.25, 0.3) is 0 Å². The molecule has 0 aliphatic rings. The minimum absolute atomic E-state index is 0.0275. The molecule has 16 heavy (non-hydrogen) atoms. The number of para-hydroxylation sites is 1. The van der Waals surface area contributed by atoms with Gasteiger partial charge in [-0.15, -0.1) is 0 Å². The molecule has 0 aromatic heterocycles. The first kappa shape index (κ1) is 12.6. The molecule has 0 aliphatic carbocycles. The molecular weight excluding hydrogens is 200 g/mol. The lowest BCUT2D eigenvalue weighted by Crippen LogP contribution is -2.41. The summed E-state index contributed by atoms with van der Waals surface area (Å²) in [6.45, 7) is 4.57. The van der Waals surface area contributed by atoms with Gasteiger partial charge in [0.1, 0.15) is 0 Å². The smallest absolute Gasteiger partial charge is 0.235 e. The fourth-order valence-corrected chi connectivity index (χ4v) is 1.57. The van der Waals surface area contributed by atoms with Gasteiger partial charge in [0.15, 0.2) is 0 Å². The summed E-state index contributed by atoms with van der Waals surface area (Å²) in [5.74, 6) is -0.0275. The van der Waals surface area contributed by atoms with Crippen LogP contribution in [0.15, 0.2) is 30.3 Å². The monoisotopic (exact) mass is 220 g/mol. The van der Waals surface area contributed by atoms with Gasteiger partial charge in [0.05, 0.1) is 5.69 Å². The molecule has 0 bridgehead atoms. The van der Waals surface area contributed by atoms with E-state index in [2.05, 4.69) is 12.3 Å². The first-order valence-electron chi connectivity index (χ1n) is 5.84. The van der Waals surface area contributed by atoms with Crippen LogP contribution >= 0.6 is 0 Å². The number of nitrogens with one attached hydrogen (secondary N) is 1. The summed E-state index contributed by atoms with van der Waals surface area (Å²) >= 11 is 0. The van der Waals surface area contributed by atoms with Gasteiger partial charge in [-0.3, -0.25) is 15.2 Å². The summed E-state index contributed by atoms with van der Waals surface area (Å²) in [5, 5.41) is 1.91. The van der Waals surface area contributed by atoms with Gasteiger partial charge in [-0.05, 0) is 18.6 Å². The zero-order valence-electron chi connectivity index (χ0n) is 10.1. The Balaban J connectivity index is 2.60. The Morgan fingerprint density at radius 2 is 1.94 bits per heavy atom. The van der Waals surface area contributed by atoms with Crippen LogP contribution in [0, 0.1) is 0 Å². The highest BCUT2D eigenvalue weighted by molar-refractivity contribution is 5.75. The average molecular weight is 220 g/mol. The number of carbonyl (C=O) groups excluding carboxylic acids is 1. The van der Waals surface area contributed by atoms with E-state index in [0.717, 1.165) is 18.7 Å². The molecule has 1 aromatic carbocycles. The molecule has 1 N–H and O–H groups in total. The van der Waals surface area contributed by atoms with Crippen LogP contribution in [0.1, 0.15) is 33.1 Å². The van der Waals surface area contributed by atoms with Crippen molar-refractivity contribution in [1.82, 2.24) is 5.43 Å². The quantitative estimate of drug-likeness (QED) is 0.590. The van der Waals surface area contributed by atoms with Gasteiger partial charge in [-0.1, -0.05) is 38.0 Å². The van der Waals surface area contributed by atoms with Gasteiger partial charge in [-0.25, -0.2) is 0 Å². The molecule has 0 saturated carbocycles. The summed E-state index contributed by atoms with van der Waals surface area (Å²) in [4.78, 5) is 11.1. The van der Waals surface area contributed by atoms with Crippen molar-refractivity contribution in [3.8, 4) is 0 Å². The number of nitrogens with zero attached hydrogens (tertiary/aromatic N) is 1. The molecule has 0 saturated heterocycles. The number of amides is 1. The molecule has 0 radical (unpaired) electrons. The van der Waals surface area contributed by atoms with E-state index in [1.807, 2.05) is 35.3 Å². The van der Waals surface area contributed by atoms with Crippen LogP contribution in [-0.2, 0) is 4.79 Å². The van der Waals surface area contributed by atoms with Crippen molar-refractivity contribution >= 4 is 11.6 Å². The summed E-state index contributed by atoms with van der Waals surface area (Å²) in [5.41, 5.74) is 3.89. The van der Waals surface area contributed by atoms with Crippen molar-refractivity contribution in [2.45, 2.75) is 33.1 Å². The third-order valence-electron chi connectivity index (χ3n) is 2.35. The molecule has 0 aliphatic heterocycles. The number of carbonyl (C=O) groups is 1. The predicted octanol–water partition coefficient (Wildman–Crippen LogP) is 2.73. The third kappa shape index (κ3) is 4.34. The van der Waals surface area contributed by atoms with E-state index in [9.17, 15) is 4.79 Å². The molecule has 0 unspecified atom stereocenters. The molecule has 0 heterocycles. The number of unbranched alkanes of at least 4 members (excludes halogenated alkanes) is 2. The van der Waals surface area contributed by atoms with E-state index in [1.54, 1.807) is 0 Å². The lowest BCUT2D eigenvalue weighted by Gasteiger charge is -2.24. The van der Waals surface area contributed by atoms with E-state index in [0.29, 0.717) is 0 Å². The van der Waals surface area contributed by atoms with Crippen molar-refractivity contribution in [2.24, 2.45) is 0 Å². The standard InChI is InChI=1S/C13H20N2O/c1-3-4-8-11-15(14-12(2)16)13-9-6-5-7-10-13/h5-7,9-10H,3-4,8,11H2,1-2H3,(H,14,16). The van der Waals surface area contributed by atoms with Crippen LogP contribution in [0.5, 0.6) is 0 Å². The normalized spacial score (nSPS) is 9.88. The van der Waals surface area contributed by atoms with Crippen LogP contribution in [0.3, 0.4) is 0 Å². The summed E-state index contributed by atoms with van der Waals surface area (Å²) in [7, 11) is 0. The molecule has 0 atom stereocenters. The Hall–Kier alpha value is -1.51. The van der Waals surface area contributed by atoms with Crippen molar-refractivity contribution in [3.05, 3.63) is 30.3 Å². The molecule has 3 heteroatoms. The van der Waals surface area contributed by atoms with Gasteiger partial charge in [-0.2, -0.15) is 0 Å². The predicted molar refractivity (Wildman–Crippen MR) is 67.1 cm³/mol. The molecular formula is C13H20N2O. The van der Waals surface area contributed by atoms with E-state index < -0.39 is 0 Å². The fourth-order valence-electron chi connectivity index (χ4n) is 1.57. The highest BCUT2D eigenvalue weighted by Crippen LogP contribution is 2.11. The average Bonchev–Trinajstić information content (AvgIpc) is 2.29. The maximum absolute atomic E-state index is 11.1. The second kappa shape index (κ2) is 6.88. The van der Waals surface area contributed by atoms with Gasteiger partial charge < -0.3 is 0 Å². The van der Waals surface area contributed by atoms with Gasteiger partial charge >= 0.3 is 0 Å². The lowest BCUT2D eigenvalue weighted by atomic mass is 10.2. The lowest BCUT2D eigenvalue weighted by molar-refractivity contribution is -0.119. The van der Waals surface area contributed by atoms with E-state index in [-0.39, 0.29) is 5.91 Å². The van der Waals surface area contributed by atoms with Crippen LogP contribution < -0.4 is 10.4 Å². The summed E-state index contributed by atoms with van der Waals surface area (Å²) < 4.78 is 0. The number of hydrazine groups is 1. The first-order valence-corrected chi connectivity index (χ1v) is 5.84. The molecule has 88 valence electrons. The highest BCUT2D eigenvalue weighted by atomic mass is 16.2. The van der Waals surface area contributed by atoms with E-state index in [4.69, 9.17) is 0 Å². The third-order valence-corrected chi connectivity index (χ3v) is 2.35. The Bertz CT molecular complexity index is 311. The maximum Gasteiger partial charge on any atom is 0.235 e. The molecule has 0 spiro atoms. The number of hydrogen-bond donors (Lipinski definition) is 1. The van der Waals surface area contributed by atoms with Crippen molar-refractivity contribution < 1.29 is 4.79 Å². The minimum atomic E-state index is -0.0275. The first-order chi connectivity index (χ1) is 7.74. The molecule has 1 amide bonds. The number of anilines is 1. The fraction of sp³-hybridized carbons (Fsp3) is 0.462. The van der Waals surface area contributed by atoms with E-state index >= 15 is 0 Å². The topological polar surface area (TPSA) is 32.3 Å². The van der Waals surface area contributed by atoms with Crippen LogP contribution in [-0.4, -0.2) is 12.5 Å². The molecule has 1 rings (SSSR count). The Morgan fingerprint density at radius 1 is 1.25 bits per heavy atom. The zero-order chi connectivity index (χ0) is 11.8. The minimum Gasteiger partial charge on any atom is -0.286 e. The Labute approximate surface area is 97.4 Å². The van der Waals surface area contributed by atoms with Crippen molar-refractivity contribution in [3.63, 3.8) is 0 Å². The maximum atomic E-state index is 11.1. The SMILES string of the molecule is CCCCCN(NC(C)=O)c1ccccc1. The van der Waals surface area contributed by atoms with Crippen molar-refractivity contribution in [2.75, 3.05) is 11.6 Å². The Kier molecular flexibility index (Phi) is 5.40. The summed E-state index contributed by atoms with van der Waals surface area (Å²) in [6.07, 6.45) is 3.46. The summed E-state index contributed by atoms with van der Waals surface area (Å²) in [6, 6.07) is 9.93. The van der Waals surface area contributed by atoms with E-state index in [1.165, 1.54) is 19.8 Å². The van der Waals surface area contributed by atoms with Gasteiger partial charge in [0, 0.05) is 13.5 Å². The largest absolute Gasteiger partial charge is 0.286 e. The van der Waals surface area contributed by atoms with Crippen LogP contribution in [0.25, 0.3) is 0 Å². The second-order valence-corrected chi connectivity index (χ2v) is 3.86. The highest BCUT2D eigenvalue weighted by Gasteiger charge is 2.06. The van der Waals surface area contributed by atoms with Crippen LogP contribution in [0.2, 0.25) is 0 Å². The zero-order valence-corrected chi connectivity index (χ0v) is 10.1. The number of hydrogen-bond acceptors (Lipinski definition) is 2. The van der Waals surface area contributed by atoms with Crippen LogP contribution in [0.4, 0.5) is 5.69 Å². The molecule has 3 nitrogen and oxygen atoms in total.